The Labute approximate surface area is 101 Å². The average Bonchev–Trinajstić information content (AvgIpc) is 2.76. The third-order valence-electron chi connectivity index (χ3n) is 2.30. The van der Waals surface area contributed by atoms with Crippen LogP contribution in [0, 0.1) is 0 Å². The summed E-state index contributed by atoms with van der Waals surface area (Å²) >= 11 is 0. The summed E-state index contributed by atoms with van der Waals surface area (Å²) in [5.74, 6) is 0.576. The first-order valence-corrected chi connectivity index (χ1v) is 5.16. The molecule has 0 fully saturated rings. The van der Waals surface area contributed by atoms with Crippen molar-refractivity contribution >= 4 is 0 Å². The van der Waals surface area contributed by atoms with E-state index in [1.54, 1.807) is 6.07 Å². The van der Waals surface area contributed by atoms with Gasteiger partial charge in [-0.25, -0.2) is 0 Å². The second kappa shape index (κ2) is 4.77. The van der Waals surface area contributed by atoms with Crippen molar-refractivity contribution in [2.45, 2.75) is 19.1 Å². The second-order valence-electron chi connectivity index (χ2n) is 3.68. The number of alkyl halides is 3. The maximum absolute atomic E-state index is 12.5. The van der Waals surface area contributed by atoms with Crippen molar-refractivity contribution in [1.29, 1.82) is 0 Å². The van der Waals surface area contributed by atoms with Crippen molar-refractivity contribution in [2.75, 3.05) is 0 Å². The Kier molecular flexibility index (Phi) is 3.33. The quantitative estimate of drug-likeness (QED) is 0.914. The molecule has 0 amide bonds. The number of nitrogens with zero attached hydrogens (tertiary/aromatic N) is 2. The maximum atomic E-state index is 12.5. The zero-order valence-electron chi connectivity index (χ0n) is 9.24. The van der Waals surface area contributed by atoms with Gasteiger partial charge in [0.25, 0.3) is 0 Å². The molecule has 1 heterocycles. The number of halogens is 3. The summed E-state index contributed by atoms with van der Waals surface area (Å²) in [6.45, 7) is 0.107. The smallest absolute Gasteiger partial charge is 0.338 e. The zero-order chi connectivity index (χ0) is 13.2. The molecule has 1 aromatic carbocycles. The third kappa shape index (κ3) is 2.86. The third-order valence-corrected chi connectivity index (χ3v) is 2.30. The van der Waals surface area contributed by atoms with Gasteiger partial charge in [0.2, 0.25) is 5.89 Å². The Bertz CT molecular complexity index is 536. The van der Waals surface area contributed by atoms with Gasteiger partial charge in [0, 0.05) is 6.42 Å². The fraction of sp³-hybridized carbons (Fsp3) is 0.273. The lowest BCUT2D eigenvalue weighted by Crippen LogP contribution is -2.05. The lowest BCUT2D eigenvalue weighted by atomic mass is 10.1. The summed E-state index contributed by atoms with van der Waals surface area (Å²) in [5.41, 5.74) is 5.07. The molecule has 1 aromatic heterocycles. The van der Waals surface area contributed by atoms with Gasteiger partial charge in [-0.2, -0.15) is 18.2 Å². The Morgan fingerprint density at radius 1 is 1.28 bits per heavy atom. The van der Waals surface area contributed by atoms with E-state index >= 15 is 0 Å². The molecule has 2 rings (SSSR count). The van der Waals surface area contributed by atoms with E-state index in [1.165, 1.54) is 6.07 Å². The molecule has 0 aliphatic heterocycles. The highest BCUT2D eigenvalue weighted by Gasteiger charge is 2.30. The molecule has 0 bridgehead atoms. The van der Waals surface area contributed by atoms with Gasteiger partial charge in [-0.05, 0) is 11.6 Å². The Balaban J connectivity index is 2.19. The van der Waals surface area contributed by atoms with Crippen LogP contribution in [0.2, 0.25) is 0 Å². The van der Waals surface area contributed by atoms with Crippen LogP contribution in [-0.4, -0.2) is 10.1 Å². The number of hydrogen-bond acceptors (Lipinski definition) is 4. The molecule has 2 N–H and O–H groups in total. The molecule has 0 saturated carbocycles. The Morgan fingerprint density at radius 3 is 2.67 bits per heavy atom. The summed E-state index contributed by atoms with van der Waals surface area (Å²) in [7, 11) is 0. The Morgan fingerprint density at radius 2 is 2.06 bits per heavy atom. The minimum atomic E-state index is -4.35. The van der Waals surface area contributed by atoms with Crippen LogP contribution < -0.4 is 5.73 Å². The number of nitrogens with two attached hydrogens (primary N) is 1. The highest BCUT2D eigenvalue weighted by Crippen LogP contribution is 2.29. The highest BCUT2D eigenvalue weighted by molar-refractivity contribution is 5.27. The molecule has 0 atom stereocenters. The normalized spacial score (nSPS) is 11.8. The molecular formula is C11H10F3N3O. The van der Waals surface area contributed by atoms with E-state index in [0.717, 1.165) is 12.1 Å². The first-order chi connectivity index (χ1) is 8.49. The molecule has 7 heteroatoms. The van der Waals surface area contributed by atoms with Crippen LogP contribution in [0.3, 0.4) is 0 Å². The predicted molar refractivity (Wildman–Crippen MR) is 56.4 cm³/mol. The molecule has 0 aliphatic rings. The van der Waals surface area contributed by atoms with Crippen molar-refractivity contribution in [3.05, 3.63) is 47.1 Å². The molecule has 0 spiro atoms. The van der Waals surface area contributed by atoms with E-state index in [4.69, 9.17) is 10.3 Å². The molecule has 96 valence electrons. The standard InChI is InChI=1S/C11H10F3N3O/c12-11(13,14)8-3-1-2-7(4-8)5-9-16-10(6-15)18-17-9/h1-4H,5-6,15H2. The molecule has 18 heavy (non-hydrogen) atoms. The van der Waals surface area contributed by atoms with Gasteiger partial charge >= 0.3 is 6.18 Å². The predicted octanol–water partition coefficient (Wildman–Crippen LogP) is 2.14. The van der Waals surface area contributed by atoms with Gasteiger partial charge in [-0.1, -0.05) is 23.4 Å². The number of aromatic nitrogens is 2. The van der Waals surface area contributed by atoms with Crippen LogP contribution >= 0.6 is 0 Å². The SMILES string of the molecule is NCc1nc(Cc2cccc(C(F)(F)F)c2)no1. The van der Waals surface area contributed by atoms with Crippen molar-refractivity contribution in [1.82, 2.24) is 10.1 Å². The van der Waals surface area contributed by atoms with Gasteiger partial charge in [0.05, 0.1) is 12.1 Å². The monoisotopic (exact) mass is 257 g/mol. The lowest BCUT2D eigenvalue weighted by molar-refractivity contribution is -0.137. The first-order valence-electron chi connectivity index (χ1n) is 5.16. The van der Waals surface area contributed by atoms with E-state index in [0.29, 0.717) is 11.4 Å². The lowest BCUT2D eigenvalue weighted by Gasteiger charge is -2.07. The molecule has 0 radical (unpaired) electrons. The van der Waals surface area contributed by atoms with Crippen molar-refractivity contribution in [3.63, 3.8) is 0 Å². The van der Waals surface area contributed by atoms with E-state index in [9.17, 15) is 13.2 Å². The zero-order valence-corrected chi connectivity index (χ0v) is 9.24. The van der Waals surface area contributed by atoms with E-state index in [-0.39, 0.29) is 18.9 Å². The van der Waals surface area contributed by atoms with Gasteiger partial charge in [0.1, 0.15) is 0 Å². The van der Waals surface area contributed by atoms with Crippen LogP contribution in [-0.2, 0) is 19.1 Å². The van der Waals surface area contributed by atoms with Crippen LogP contribution in [0.1, 0.15) is 22.8 Å². The first kappa shape index (κ1) is 12.6. The van der Waals surface area contributed by atoms with E-state index in [2.05, 4.69) is 10.1 Å². The van der Waals surface area contributed by atoms with Crippen LogP contribution in [0.25, 0.3) is 0 Å². The minimum absolute atomic E-state index is 0.107. The maximum Gasteiger partial charge on any atom is 0.416 e. The number of benzene rings is 1. The van der Waals surface area contributed by atoms with Crippen molar-refractivity contribution in [2.24, 2.45) is 5.73 Å². The largest absolute Gasteiger partial charge is 0.416 e. The van der Waals surface area contributed by atoms with Gasteiger partial charge < -0.3 is 10.3 Å². The fourth-order valence-electron chi connectivity index (χ4n) is 1.49. The summed E-state index contributed by atoms with van der Waals surface area (Å²) in [4.78, 5) is 3.93. The fourth-order valence-corrected chi connectivity index (χ4v) is 1.49. The van der Waals surface area contributed by atoms with E-state index in [1.807, 2.05) is 0 Å². The highest BCUT2D eigenvalue weighted by atomic mass is 19.4. The van der Waals surface area contributed by atoms with E-state index < -0.39 is 11.7 Å². The molecule has 4 nitrogen and oxygen atoms in total. The molecule has 2 aromatic rings. The van der Waals surface area contributed by atoms with Crippen molar-refractivity contribution < 1.29 is 17.7 Å². The topological polar surface area (TPSA) is 64.9 Å². The summed E-state index contributed by atoms with van der Waals surface area (Å²) < 4.78 is 42.3. The average molecular weight is 257 g/mol. The Hall–Kier alpha value is -1.89. The summed E-state index contributed by atoms with van der Waals surface area (Å²) in [6, 6.07) is 5.01. The molecular weight excluding hydrogens is 247 g/mol. The minimum Gasteiger partial charge on any atom is -0.338 e. The van der Waals surface area contributed by atoms with Crippen molar-refractivity contribution in [3.8, 4) is 0 Å². The van der Waals surface area contributed by atoms with Crippen LogP contribution in [0.15, 0.2) is 28.8 Å². The summed E-state index contributed by atoms with van der Waals surface area (Å²) in [6.07, 6.45) is -4.18. The molecule has 0 saturated heterocycles. The van der Waals surface area contributed by atoms with Gasteiger partial charge in [-0.3, -0.25) is 0 Å². The summed E-state index contributed by atoms with van der Waals surface area (Å²) in [5, 5.41) is 3.63. The van der Waals surface area contributed by atoms with Crippen LogP contribution in [0.5, 0.6) is 0 Å². The number of rotatable bonds is 3. The second-order valence-corrected chi connectivity index (χ2v) is 3.68. The molecule has 0 aliphatic carbocycles. The van der Waals surface area contributed by atoms with Gasteiger partial charge in [0.15, 0.2) is 5.82 Å². The molecule has 0 unspecified atom stereocenters. The number of hydrogen-bond donors (Lipinski definition) is 1. The van der Waals surface area contributed by atoms with Crippen LogP contribution in [0.4, 0.5) is 13.2 Å². The van der Waals surface area contributed by atoms with Gasteiger partial charge in [-0.15, -0.1) is 0 Å².